The summed E-state index contributed by atoms with van der Waals surface area (Å²) >= 11 is 1.69. The van der Waals surface area contributed by atoms with Crippen LogP contribution in [0.1, 0.15) is 27.1 Å². The van der Waals surface area contributed by atoms with Gasteiger partial charge < -0.3 is 19.9 Å². The third-order valence-electron chi connectivity index (χ3n) is 4.99. The summed E-state index contributed by atoms with van der Waals surface area (Å²) in [5.41, 5.74) is 4.68. The lowest BCUT2D eigenvalue weighted by atomic mass is 10.1. The number of morpholine rings is 1. The number of rotatable bonds is 3. The second-order valence-electron chi connectivity index (χ2n) is 6.82. The van der Waals surface area contributed by atoms with Crippen molar-refractivity contribution in [2.24, 2.45) is 0 Å². The lowest BCUT2D eigenvalue weighted by Crippen LogP contribution is -2.40. The normalized spacial score (nSPS) is 19.5. The first-order chi connectivity index (χ1) is 13.8. The molecule has 3 heterocycles. The summed E-state index contributed by atoms with van der Waals surface area (Å²) in [7, 11) is 0. The minimum Gasteiger partial charge on any atom is -0.378 e. The van der Waals surface area contributed by atoms with Crippen molar-refractivity contribution in [1.29, 1.82) is 0 Å². The van der Waals surface area contributed by atoms with Gasteiger partial charge >= 0.3 is 0 Å². The number of nitrogens with zero attached hydrogens (tertiary/aromatic N) is 2. The maximum Gasteiger partial charge on any atom is 0.254 e. The molecular formula is C21H20N4O2S. The van der Waals surface area contributed by atoms with Crippen molar-refractivity contribution in [2.45, 2.75) is 5.37 Å². The molecule has 0 aliphatic carbocycles. The van der Waals surface area contributed by atoms with Crippen molar-refractivity contribution in [3.8, 4) is 0 Å². The fraction of sp³-hybridized carbons (Fsp3) is 0.238. The van der Waals surface area contributed by atoms with E-state index in [0.29, 0.717) is 31.9 Å². The molecule has 1 amide bonds. The Morgan fingerprint density at radius 2 is 1.96 bits per heavy atom. The highest BCUT2D eigenvalue weighted by molar-refractivity contribution is 8.02. The Bertz CT molecular complexity index is 1040. The van der Waals surface area contributed by atoms with Crippen molar-refractivity contribution >= 4 is 34.4 Å². The molecule has 1 fully saturated rings. The summed E-state index contributed by atoms with van der Waals surface area (Å²) in [5.74, 6) is 0.904. The molecule has 0 spiro atoms. The number of aromatic amines is 1. The maximum atomic E-state index is 12.7. The highest BCUT2D eigenvalue weighted by atomic mass is 32.2. The van der Waals surface area contributed by atoms with Crippen LogP contribution in [0.3, 0.4) is 0 Å². The molecule has 7 heteroatoms. The molecule has 2 aromatic carbocycles. The zero-order valence-electron chi connectivity index (χ0n) is 15.2. The molecular weight excluding hydrogens is 372 g/mol. The number of H-pyrrole nitrogens is 1. The largest absolute Gasteiger partial charge is 0.378 e. The molecule has 6 nitrogen and oxygen atoms in total. The fourth-order valence-corrected chi connectivity index (χ4v) is 4.39. The molecule has 28 heavy (non-hydrogen) atoms. The van der Waals surface area contributed by atoms with E-state index in [1.54, 1.807) is 11.8 Å². The van der Waals surface area contributed by atoms with E-state index >= 15 is 0 Å². The summed E-state index contributed by atoms with van der Waals surface area (Å²) in [6.07, 6.45) is 0. The summed E-state index contributed by atoms with van der Waals surface area (Å²) in [6.45, 7) is 2.48. The average molecular weight is 392 g/mol. The van der Waals surface area contributed by atoms with Gasteiger partial charge in [-0.2, -0.15) is 0 Å². The number of imidazole rings is 1. The Balaban J connectivity index is 1.35. The van der Waals surface area contributed by atoms with Gasteiger partial charge in [-0.05, 0) is 29.2 Å². The minimum absolute atomic E-state index is 0.0287. The van der Waals surface area contributed by atoms with E-state index in [0.717, 1.165) is 28.1 Å². The van der Waals surface area contributed by atoms with Gasteiger partial charge in [-0.15, -0.1) is 0 Å². The van der Waals surface area contributed by atoms with E-state index in [1.807, 2.05) is 41.3 Å². The van der Waals surface area contributed by atoms with Crippen molar-refractivity contribution in [3.05, 3.63) is 70.9 Å². The molecule has 0 bridgehead atoms. The Morgan fingerprint density at radius 3 is 2.79 bits per heavy atom. The first kappa shape index (κ1) is 17.3. The Hall–Kier alpha value is -2.77. The number of amides is 1. The van der Waals surface area contributed by atoms with Crippen LogP contribution in [0.15, 0.2) is 53.9 Å². The second-order valence-corrected chi connectivity index (χ2v) is 7.80. The van der Waals surface area contributed by atoms with E-state index < -0.39 is 0 Å². The highest BCUT2D eigenvalue weighted by Crippen LogP contribution is 2.36. The topological polar surface area (TPSA) is 70.2 Å². The van der Waals surface area contributed by atoms with E-state index in [-0.39, 0.29) is 11.3 Å². The number of hydrogen-bond donors (Lipinski definition) is 2. The van der Waals surface area contributed by atoms with Crippen molar-refractivity contribution < 1.29 is 9.53 Å². The molecule has 2 aliphatic heterocycles. The van der Waals surface area contributed by atoms with Gasteiger partial charge in [0.2, 0.25) is 0 Å². The van der Waals surface area contributed by atoms with Crippen molar-refractivity contribution in [2.75, 3.05) is 26.3 Å². The quantitative estimate of drug-likeness (QED) is 0.715. The molecule has 1 aromatic heterocycles. The average Bonchev–Trinajstić information content (AvgIpc) is 3.41. The van der Waals surface area contributed by atoms with Crippen LogP contribution in [0.5, 0.6) is 0 Å². The van der Waals surface area contributed by atoms with E-state index in [4.69, 9.17) is 9.72 Å². The summed E-state index contributed by atoms with van der Waals surface area (Å²) < 4.78 is 5.33. The van der Waals surface area contributed by atoms with Crippen molar-refractivity contribution in [3.63, 3.8) is 0 Å². The molecule has 1 unspecified atom stereocenters. The van der Waals surface area contributed by atoms with E-state index in [1.165, 1.54) is 0 Å². The van der Waals surface area contributed by atoms with Crippen LogP contribution in [-0.4, -0.2) is 47.1 Å². The van der Waals surface area contributed by atoms with Crippen LogP contribution < -0.4 is 5.32 Å². The third-order valence-corrected chi connectivity index (χ3v) is 5.97. The number of nitrogens with one attached hydrogen (secondary N) is 2. The van der Waals surface area contributed by atoms with Gasteiger partial charge in [-0.1, -0.05) is 42.1 Å². The zero-order chi connectivity index (χ0) is 18.9. The first-order valence-electron chi connectivity index (χ1n) is 9.32. The van der Waals surface area contributed by atoms with Crippen LogP contribution in [0, 0.1) is 0 Å². The van der Waals surface area contributed by atoms with Gasteiger partial charge in [0.25, 0.3) is 5.91 Å². The molecule has 0 radical (unpaired) electrons. The Labute approximate surface area is 167 Å². The van der Waals surface area contributed by atoms with Crippen LogP contribution in [-0.2, 0) is 4.74 Å². The number of ether oxygens (including phenoxy) is 1. The van der Waals surface area contributed by atoms with Gasteiger partial charge in [-0.3, -0.25) is 4.79 Å². The summed E-state index contributed by atoms with van der Waals surface area (Å²) in [5, 5.41) is 5.67. The molecule has 0 saturated carbocycles. The number of carbonyl (C=O) groups is 1. The third kappa shape index (κ3) is 3.27. The standard InChI is InChI=1S/C21H20N4O2S/c26-21(25-8-10-27-11-9-25)15-6-7-16-17(12-15)23-19(22-16)20-24-18(13-28-20)14-4-2-1-3-5-14/h1-7,12-13,20,24H,8-11H2,(H,22,23). The van der Waals surface area contributed by atoms with Crippen LogP contribution in [0.4, 0.5) is 0 Å². The van der Waals surface area contributed by atoms with Crippen molar-refractivity contribution in [1.82, 2.24) is 20.2 Å². The fourth-order valence-electron chi connectivity index (χ4n) is 3.48. The van der Waals surface area contributed by atoms with E-state index in [2.05, 4.69) is 27.8 Å². The molecule has 2 aliphatic rings. The number of aromatic nitrogens is 2. The van der Waals surface area contributed by atoms with Gasteiger partial charge in [0.1, 0.15) is 11.2 Å². The number of carbonyl (C=O) groups excluding carboxylic acids is 1. The number of benzene rings is 2. The van der Waals surface area contributed by atoms with Gasteiger partial charge in [0.05, 0.1) is 24.2 Å². The van der Waals surface area contributed by atoms with Gasteiger partial charge in [0.15, 0.2) is 0 Å². The van der Waals surface area contributed by atoms with Gasteiger partial charge in [-0.25, -0.2) is 4.98 Å². The second kappa shape index (κ2) is 7.33. The van der Waals surface area contributed by atoms with Gasteiger partial charge in [0, 0.05) is 24.4 Å². The lowest BCUT2D eigenvalue weighted by Gasteiger charge is -2.26. The highest BCUT2D eigenvalue weighted by Gasteiger charge is 2.23. The van der Waals surface area contributed by atoms with Crippen LogP contribution >= 0.6 is 11.8 Å². The predicted octanol–water partition coefficient (Wildman–Crippen LogP) is 3.37. The number of thioether (sulfide) groups is 1. The lowest BCUT2D eigenvalue weighted by molar-refractivity contribution is 0.0303. The summed E-state index contributed by atoms with van der Waals surface area (Å²) in [4.78, 5) is 22.7. The Morgan fingerprint density at radius 1 is 1.14 bits per heavy atom. The molecule has 5 rings (SSSR count). The molecule has 142 valence electrons. The van der Waals surface area contributed by atoms with E-state index in [9.17, 15) is 4.79 Å². The molecule has 1 saturated heterocycles. The summed E-state index contributed by atoms with van der Waals surface area (Å²) in [6, 6.07) is 15.9. The number of hydrogen-bond acceptors (Lipinski definition) is 5. The van der Waals surface area contributed by atoms with Crippen LogP contribution in [0.25, 0.3) is 16.7 Å². The monoisotopic (exact) mass is 392 g/mol. The number of fused-ring (bicyclic) bond motifs is 1. The van der Waals surface area contributed by atoms with Crippen LogP contribution in [0.2, 0.25) is 0 Å². The maximum absolute atomic E-state index is 12.7. The molecule has 2 N–H and O–H groups in total. The molecule has 1 atom stereocenters. The predicted molar refractivity (Wildman–Crippen MR) is 111 cm³/mol. The smallest absolute Gasteiger partial charge is 0.254 e. The first-order valence-corrected chi connectivity index (χ1v) is 10.3. The zero-order valence-corrected chi connectivity index (χ0v) is 16.0. The minimum atomic E-state index is 0.0287. The molecule has 3 aromatic rings. The SMILES string of the molecule is O=C(c1ccc2nc(C3NC(c4ccccc4)=CS3)[nH]c2c1)N1CCOCC1. The Kier molecular flexibility index (Phi) is 4.54.